The Morgan fingerprint density at radius 1 is 1.32 bits per heavy atom. The quantitative estimate of drug-likeness (QED) is 0.820. The van der Waals surface area contributed by atoms with E-state index < -0.39 is 6.10 Å². The minimum absolute atomic E-state index is 0.135. The number of carbonyl (C=O) groups excluding carboxylic acids is 1. The van der Waals surface area contributed by atoms with Crippen LogP contribution in [0.15, 0.2) is 12.1 Å². The summed E-state index contributed by atoms with van der Waals surface area (Å²) in [7, 11) is 1.59. The van der Waals surface area contributed by atoms with E-state index in [0.29, 0.717) is 50.2 Å². The molecule has 7 nitrogen and oxygen atoms in total. The maximum atomic E-state index is 12.1. The maximum absolute atomic E-state index is 12.1. The standard InChI is InChI=1S/C15H20N2O5/c1-19-11-7-13-12(21-4-5-22-13)6-10(11)8-17-15(18)14-9-16-2-3-20-14/h6-7,14,16H,2-5,8-9H2,1H3,(H,17,18)/t14-/m1/s1. The van der Waals surface area contributed by atoms with Crippen LogP contribution in [0.2, 0.25) is 0 Å². The number of amides is 1. The fourth-order valence-corrected chi connectivity index (χ4v) is 2.47. The molecule has 1 amide bonds. The molecule has 0 aromatic heterocycles. The number of carbonyl (C=O) groups is 1. The Kier molecular flexibility index (Phi) is 4.65. The van der Waals surface area contributed by atoms with Crippen LogP contribution < -0.4 is 24.8 Å². The zero-order chi connectivity index (χ0) is 15.4. The van der Waals surface area contributed by atoms with E-state index in [1.54, 1.807) is 13.2 Å². The lowest BCUT2D eigenvalue weighted by Gasteiger charge is -2.23. The molecule has 3 rings (SSSR count). The van der Waals surface area contributed by atoms with Crippen molar-refractivity contribution in [1.29, 1.82) is 0 Å². The highest BCUT2D eigenvalue weighted by Gasteiger charge is 2.22. The van der Waals surface area contributed by atoms with Gasteiger partial charge in [0.25, 0.3) is 5.91 Å². The van der Waals surface area contributed by atoms with Gasteiger partial charge in [0.1, 0.15) is 25.1 Å². The van der Waals surface area contributed by atoms with Crippen molar-refractivity contribution in [3.05, 3.63) is 17.7 Å². The van der Waals surface area contributed by atoms with E-state index in [1.807, 2.05) is 6.07 Å². The number of morpholine rings is 1. The predicted octanol–water partition coefficient (Wildman–Crippen LogP) is 0.0710. The molecule has 0 radical (unpaired) electrons. The lowest BCUT2D eigenvalue weighted by atomic mass is 10.1. The minimum atomic E-state index is -0.447. The number of methoxy groups -OCH3 is 1. The van der Waals surface area contributed by atoms with Gasteiger partial charge in [-0.05, 0) is 6.07 Å². The number of nitrogens with one attached hydrogen (secondary N) is 2. The van der Waals surface area contributed by atoms with E-state index in [-0.39, 0.29) is 5.91 Å². The molecule has 2 aliphatic heterocycles. The SMILES string of the molecule is COc1cc2c(cc1CNC(=O)[C@H]1CNCCO1)OCCO2. The molecule has 120 valence electrons. The molecule has 0 saturated carbocycles. The Labute approximate surface area is 128 Å². The molecule has 1 atom stereocenters. The number of ether oxygens (including phenoxy) is 4. The first-order valence-electron chi connectivity index (χ1n) is 7.34. The van der Waals surface area contributed by atoms with Gasteiger partial charge >= 0.3 is 0 Å². The second-order valence-electron chi connectivity index (χ2n) is 5.09. The van der Waals surface area contributed by atoms with Crippen LogP contribution >= 0.6 is 0 Å². The molecule has 0 aliphatic carbocycles. The molecule has 7 heteroatoms. The van der Waals surface area contributed by atoms with Crippen molar-refractivity contribution in [3.8, 4) is 17.2 Å². The van der Waals surface area contributed by atoms with Crippen LogP contribution in [0.4, 0.5) is 0 Å². The highest BCUT2D eigenvalue weighted by atomic mass is 16.6. The first-order chi connectivity index (χ1) is 10.8. The molecule has 2 aliphatic rings. The summed E-state index contributed by atoms with van der Waals surface area (Å²) in [6.07, 6.45) is -0.447. The Bertz CT molecular complexity index is 543. The molecule has 0 bridgehead atoms. The molecule has 2 heterocycles. The fourth-order valence-electron chi connectivity index (χ4n) is 2.47. The van der Waals surface area contributed by atoms with E-state index in [9.17, 15) is 4.79 Å². The summed E-state index contributed by atoms with van der Waals surface area (Å²) in [6, 6.07) is 3.63. The van der Waals surface area contributed by atoms with E-state index in [2.05, 4.69) is 10.6 Å². The summed E-state index contributed by atoms with van der Waals surface area (Å²) < 4.78 is 21.9. The summed E-state index contributed by atoms with van der Waals surface area (Å²) in [4.78, 5) is 12.1. The molecular weight excluding hydrogens is 288 g/mol. The van der Waals surface area contributed by atoms with Crippen molar-refractivity contribution >= 4 is 5.91 Å². The third-order valence-corrected chi connectivity index (χ3v) is 3.62. The molecule has 1 aromatic carbocycles. The molecular formula is C15H20N2O5. The number of fused-ring (bicyclic) bond motifs is 1. The molecule has 1 fully saturated rings. The molecule has 22 heavy (non-hydrogen) atoms. The first-order valence-corrected chi connectivity index (χ1v) is 7.34. The number of benzene rings is 1. The van der Waals surface area contributed by atoms with Crippen molar-refractivity contribution in [2.45, 2.75) is 12.6 Å². The highest BCUT2D eigenvalue weighted by Crippen LogP contribution is 2.36. The van der Waals surface area contributed by atoms with Gasteiger partial charge in [0.05, 0.1) is 13.7 Å². The van der Waals surface area contributed by atoms with Gasteiger partial charge in [0.2, 0.25) is 0 Å². The van der Waals surface area contributed by atoms with Crippen LogP contribution in [0.3, 0.4) is 0 Å². The fraction of sp³-hybridized carbons (Fsp3) is 0.533. The van der Waals surface area contributed by atoms with Crippen molar-refractivity contribution in [1.82, 2.24) is 10.6 Å². The van der Waals surface area contributed by atoms with Crippen LogP contribution in [0.5, 0.6) is 17.2 Å². The van der Waals surface area contributed by atoms with Gasteiger partial charge in [-0.2, -0.15) is 0 Å². The zero-order valence-corrected chi connectivity index (χ0v) is 12.5. The largest absolute Gasteiger partial charge is 0.496 e. The van der Waals surface area contributed by atoms with Crippen LogP contribution in [0, 0.1) is 0 Å². The Morgan fingerprint density at radius 3 is 2.77 bits per heavy atom. The van der Waals surface area contributed by atoms with Crippen LogP contribution in [0.25, 0.3) is 0 Å². The molecule has 0 spiro atoms. The number of hydrogen-bond donors (Lipinski definition) is 2. The normalized spacial score (nSPS) is 20.3. The number of hydrogen-bond acceptors (Lipinski definition) is 6. The van der Waals surface area contributed by atoms with Gasteiger partial charge < -0.3 is 29.6 Å². The van der Waals surface area contributed by atoms with E-state index in [4.69, 9.17) is 18.9 Å². The molecule has 1 aromatic rings. The molecule has 0 unspecified atom stereocenters. The van der Waals surface area contributed by atoms with Gasteiger partial charge in [-0.15, -0.1) is 0 Å². The Hall–Kier alpha value is -1.99. The van der Waals surface area contributed by atoms with Gasteiger partial charge in [-0.3, -0.25) is 4.79 Å². The predicted molar refractivity (Wildman–Crippen MR) is 78.4 cm³/mol. The second kappa shape index (κ2) is 6.85. The third kappa shape index (κ3) is 3.26. The molecule has 2 N–H and O–H groups in total. The lowest BCUT2D eigenvalue weighted by molar-refractivity contribution is -0.134. The topological polar surface area (TPSA) is 78.1 Å². The summed E-state index contributed by atoms with van der Waals surface area (Å²) in [5.74, 6) is 1.86. The van der Waals surface area contributed by atoms with Crippen molar-refractivity contribution in [3.63, 3.8) is 0 Å². The van der Waals surface area contributed by atoms with Crippen LogP contribution in [0.1, 0.15) is 5.56 Å². The van der Waals surface area contributed by atoms with Crippen molar-refractivity contribution < 1.29 is 23.7 Å². The van der Waals surface area contributed by atoms with E-state index in [0.717, 1.165) is 12.1 Å². The Morgan fingerprint density at radius 2 is 2.09 bits per heavy atom. The monoisotopic (exact) mass is 308 g/mol. The second-order valence-corrected chi connectivity index (χ2v) is 5.09. The smallest absolute Gasteiger partial charge is 0.250 e. The minimum Gasteiger partial charge on any atom is -0.496 e. The van der Waals surface area contributed by atoms with Crippen LogP contribution in [-0.2, 0) is 16.1 Å². The Balaban J connectivity index is 1.67. The maximum Gasteiger partial charge on any atom is 0.250 e. The first kappa shape index (κ1) is 14.9. The van der Waals surface area contributed by atoms with E-state index in [1.165, 1.54) is 0 Å². The van der Waals surface area contributed by atoms with Gasteiger partial charge in [-0.25, -0.2) is 0 Å². The lowest BCUT2D eigenvalue weighted by Crippen LogP contribution is -2.47. The van der Waals surface area contributed by atoms with Crippen molar-refractivity contribution in [2.24, 2.45) is 0 Å². The third-order valence-electron chi connectivity index (χ3n) is 3.62. The average molecular weight is 308 g/mol. The number of rotatable bonds is 4. The van der Waals surface area contributed by atoms with E-state index >= 15 is 0 Å². The average Bonchev–Trinajstić information content (AvgIpc) is 2.59. The zero-order valence-electron chi connectivity index (χ0n) is 12.5. The van der Waals surface area contributed by atoms with Gasteiger partial charge in [-0.1, -0.05) is 0 Å². The molecule has 1 saturated heterocycles. The van der Waals surface area contributed by atoms with Crippen LogP contribution in [-0.4, -0.2) is 52.0 Å². The summed E-state index contributed by atoms with van der Waals surface area (Å²) >= 11 is 0. The van der Waals surface area contributed by atoms with Crippen molar-refractivity contribution in [2.75, 3.05) is 40.0 Å². The summed E-state index contributed by atoms with van der Waals surface area (Å²) in [5.41, 5.74) is 0.837. The summed E-state index contributed by atoms with van der Waals surface area (Å²) in [6.45, 7) is 3.25. The highest BCUT2D eigenvalue weighted by molar-refractivity contribution is 5.81. The van der Waals surface area contributed by atoms with Gasteiger partial charge in [0, 0.05) is 31.3 Å². The summed E-state index contributed by atoms with van der Waals surface area (Å²) in [5, 5.41) is 6.00. The van der Waals surface area contributed by atoms with Gasteiger partial charge in [0.15, 0.2) is 11.5 Å².